The molecule has 2 N–H and O–H groups in total. The summed E-state index contributed by atoms with van der Waals surface area (Å²) < 4.78 is 171. The molecule has 0 aliphatic carbocycles. The number of ether oxygens (including phenoxy) is 5. The van der Waals surface area contributed by atoms with E-state index < -0.39 is 86.9 Å². The number of carbonyl (C=O) groups is 2. The van der Waals surface area contributed by atoms with Gasteiger partial charge in [0.25, 0.3) is 0 Å². The number of hydrogen-bond acceptors (Lipinski definition) is 15. The third-order valence-corrected chi connectivity index (χ3v) is 11.4. The quantitative estimate of drug-likeness (QED) is 0.0703. The van der Waals surface area contributed by atoms with Crippen molar-refractivity contribution in [2.75, 3.05) is 25.7 Å². The molecule has 2 aliphatic heterocycles. The van der Waals surface area contributed by atoms with Crippen molar-refractivity contribution in [3.05, 3.63) is 94.3 Å². The van der Waals surface area contributed by atoms with E-state index in [0.717, 1.165) is 47.8 Å². The minimum Gasteiger partial charge on any atom is -0.477 e. The number of rotatable bonds is 9. The van der Waals surface area contributed by atoms with Gasteiger partial charge in [-0.05, 0) is 124 Å². The zero-order valence-electron chi connectivity index (χ0n) is 36.8. The van der Waals surface area contributed by atoms with Gasteiger partial charge in [0.15, 0.2) is 11.4 Å². The normalized spacial score (nSPS) is 15.7. The Bertz CT molecular complexity index is 2560. The van der Waals surface area contributed by atoms with Crippen molar-refractivity contribution < 1.29 is 91.6 Å². The second kappa shape index (κ2) is 27.7. The van der Waals surface area contributed by atoms with Crippen molar-refractivity contribution in [1.29, 1.82) is 0 Å². The fraction of sp³-hybridized carbons (Fsp3) is 0.381. The van der Waals surface area contributed by atoms with Crippen LogP contribution in [-0.4, -0.2) is 108 Å². The number of carbonyl (C=O) groups excluding carboxylic acids is 1. The van der Waals surface area contributed by atoms with Gasteiger partial charge in [0.2, 0.25) is 42.0 Å². The molecule has 0 saturated heterocycles. The fourth-order valence-corrected chi connectivity index (χ4v) is 7.11. The number of thiocarbonyl (C=S) groups is 2. The lowest BCUT2D eigenvalue weighted by molar-refractivity contribution is -0.222. The van der Waals surface area contributed by atoms with E-state index in [2.05, 4.69) is 31.3 Å². The highest BCUT2D eigenvalue weighted by Crippen LogP contribution is 2.42. The predicted octanol–water partition coefficient (Wildman–Crippen LogP) is 11.5. The molecule has 0 radical (unpaired) electrons. The summed E-state index contributed by atoms with van der Waals surface area (Å²) in [6, 6.07) is 7.88. The van der Waals surface area contributed by atoms with Gasteiger partial charge in [-0.15, -0.1) is 0 Å². The van der Waals surface area contributed by atoms with Crippen LogP contribution in [0.3, 0.4) is 0 Å². The van der Waals surface area contributed by atoms with Crippen molar-refractivity contribution in [2.24, 2.45) is 0 Å². The van der Waals surface area contributed by atoms with Crippen LogP contribution in [0.5, 0.6) is 11.8 Å². The lowest BCUT2D eigenvalue weighted by atomic mass is 9.92. The number of carboxylic acid groups (broad SMARTS) is 1. The first-order chi connectivity index (χ1) is 33.2. The smallest absolute Gasteiger partial charge is 0.429 e. The van der Waals surface area contributed by atoms with Crippen LogP contribution in [0.4, 0.5) is 43.9 Å². The molecule has 6 rings (SSSR count). The van der Waals surface area contributed by atoms with Gasteiger partial charge in [-0.25, -0.2) is 41.3 Å². The summed E-state index contributed by atoms with van der Waals surface area (Å²) in [5.41, 5.74) is -0.378. The largest absolute Gasteiger partial charge is 0.477 e. The van der Waals surface area contributed by atoms with Crippen LogP contribution in [0.15, 0.2) is 48.5 Å². The average molecular weight is 1150 g/mol. The Kier molecular flexibility index (Phi) is 23.8. The number of pyridine rings is 2. The first-order valence-electron chi connectivity index (χ1n) is 19.9. The average Bonchev–Trinajstić information content (AvgIpc) is 3.28. The second-order valence-electron chi connectivity index (χ2n) is 13.9. The van der Waals surface area contributed by atoms with E-state index in [-0.39, 0.29) is 98.5 Å². The molecule has 2 aliphatic rings. The molecule has 0 saturated carbocycles. The molecule has 29 heteroatoms. The molecule has 4 heterocycles. The van der Waals surface area contributed by atoms with Gasteiger partial charge in [-0.1, -0.05) is 23.5 Å². The van der Waals surface area contributed by atoms with Gasteiger partial charge in [-0.2, -0.15) is 26.3 Å². The summed E-state index contributed by atoms with van der Waals surface area (Å²) in [7, 11) is 7.36. The number of esters is 1. The Morgan fingerprint density at radius 1 is 0.746 bits per heavy atom. The highest BCUT2D eigenvalue weighted by atomic mass is 36.0. The number of aliphatic hydroxyl groups is 1. The van der Waals surface area contributed by atoms with E-state index in [9.17, 15) is 58.6 Å². The zero-order valence-corrected chi connectivity index (χ0v) is 42.4. The topological polar surface area (TPSA) is 164 Å². The summed E-state index contributed by atoms with van der Waals surface area (Å²) in [6.45, 7) is 3.50. The SMILES string of the molecule is CCO.CCOC(=O)c1cc(-c2ccc(F)cc2F)c2c(n1)OC(C(OC(=S)SC)C(F)(F)F)CC2.CSC(=S)OC(C1CCc2c(-c3ccc(F)cc3F)cc(C(=O)O)nc2O1)C(F)(F)F.O=S(Cl)Cl. The van der Waals surface area contributed by atoms with E-state index >= 15 is 0 Å². The van der Waals surface area contributed by atoms with Crippen molar-refractivity contribution in [3.63, 3.8) is 0 Å². The summed E-state index contributed by atoms with van der Waals surface area (Å²) in [6.07, 6.45) is -14.9. The highest BCUT2D eigenvalue weighted by Gasteiger charge is 2.51. The molecule has 2 aromatic heterocycles. The Morgan fingerprint density at radius 2 is 1.11 bits per heavy atom. The van der Waals surface area contributed by atoms with Crippen LogP contribution in [0.2, 0.25) is 0 Å². The van der Waals surface area contributed by atoms with E-state index in [1.807, 2.05) is 0 Å². The second-order valence-corrected chi connectivity index (χ2v) is 19.3. The van der Waals surface area contributed by atoms with Gasteiger partial charge in [-0.3, -0.25) is 0 Å². The predicted molar refractivity (Wildman–Crippen MR) is 254 cm³/mol. The highest BCUT2D eigenvalue weighted by molar-refractivity contribution is 8.26. The van der Waals surface area contributed by atoms with E-state index in [4.69, 9.17) is 57.4 Å². The summed E-state index contributed by atoms with van der Waals surface area (Å²) in [5.74, 6) is -6.57. The van der Waals surface area contributed by atoms with Crippen molar-refractivity contribution in [3.8, 4) is 34.0 Å². The van der Waals surface area contributed by atoms with Gasteiger partial charge >= 0.3 is 24.3 Å². The maximum atomic E-state index is 14.5. The van der Waals surface area contributed by atoms with Gasteiger partial charge in [0.1, 0.15) is 35.5 Å². The fourth-order valence-electron chi connectivity index (χ4n) is 6.50. The summed E-state index contributed by atoms with van der Waals surface area (Å²) in [5, 5.41) is 16.9. The van der Waals surface area contributed by atoms with Crippen molar-refractivity contribution in [1.82, 2.24) is 9.97 Å². The van der Waals surface area contributed by atoms with Crippen LogP contribution in [0.1, 0.15) is 58.8 Å². The lowest BCUT2D eigenvalue weighted by Gasteiger charge is -2.33. The summed E-state index contributed by atoms with van der Waals surface area (Å²) >= 11 is 11.2. The number of nitrogens with zero attached hydrogens (tertiary/aromatic N) is 2. The molecule has 0 amide bonds. The van der Waals surface area contributed by atoms with Crippen molar-refractivity contribution >= 4 is 99.3 Å². The molecule has 12 nitrogen and oxygen atoms in total. The number of aromatic carboxylic acids is 1. The van der Waals surface area contributed by atoms with Gasteiger partial charge in [0.05, 0.1) is 6.61 Å². The number of aliphatic hydroxyl groups excluding tert-OH is 1. The molecule has 71 heavy (non-hydrogen) atoms. The van der Waals surface area contributed by atoms with E-state index in [1.165, 1.54) is 24.6 Å². The molecule has 2 aromatic carbocycles. The Morgan fingerprint density at radius 3 is 1.44 bits per heavy atom. The molecule has 4 atom stereocenters. The minimum atomic E-state index is -4.82. The number of fused-ring (bicyclic) bond motifs is 2. The van der Waals surface area contributed by atoms with Crippen molar-refractivity contribution in [2.45, 2.75) is 76.3 Å². The molecular weight excluding hydrogens is 1110 g/mol. The molecule has 0 bridgehead atoms. The third kappa shape index (κ3) is 17.7. The number of carboxylic acids is 1. The minimum absolute atomic E-state index is 0.00419. The maximum absolute atomic E-state index is 14.5. The molecule has 0 fully saturated rings. The number of alkyl halides is 6. The summed E-state index contributed by atoms with van der Waals surface area (Å²) in [4.78, 5) is 31.6. The standard InChI is InChI=1S/C21H18F5NO4S2.C19H14F5NO4S2.C2H6O.Cl2OS/c1-3-29-19(28)15-9-13(11-5-4-10(22)8-14(11)23)12-6-7-16(30-18(12)27-15)17(21(24,25)26)31-20(32)33-2;1-31-18(30)29-15(19(22,23)24)14-5-4-10-11(9-3-2-8(20)6-12(9)21)7-13(17(26)27)25-16(10)28-14;1-2-3;1-4(2)3/h4-5,8-9,16-17H,3,6-7H2,1-2H3;2-3,6-7,14-15H,4-5H2,1H3,(H,26,27);3H,2H2,1H3;. The number of benzene rings is 2. The number of halogens is 12. The monoisotopic (exact) mass is 1150 g/mol. The molecule has 390 valence electrons. The van der Waals surface area contributed by atoms with E-state index in [0.29, 0.717) is 12.1 Å². The molecule has 0 spiro atoms. The van der Waals surface area contributed by atoms with E-state index in [1.54, 1.807) is 13.8 Å². The van der Waals surface area contributed by atoms with Gasteiger partial charge in [0, 0.05) is 62.4 Å². The lowest BCUT2D eigenvalue weighted by Crippen LogP contribution is -2.47. The molecular formula is C42H38Cl2F10N2O10S5. The van der Waals surface area contributed by atoms with Crippen LogP contribution in [-0.2, 0) is 36.3 Å². The first kappa shape index (κ1) is 61.1. The van der Waals surface area contributed by atoms with Crippen LogP contribution >= 0.6 is 69.3 Å². The maximum Gasteiger partial charge on any atom is 0.429 e. The first-order valence-corrected chi connectivity index (χ1v) is 26.0. The van der Waals surface area contributed by atoms with Crippen LogP contribution < -0.4 is 9.47 Å². The molecule has 4 aromatic rings. The Hall–Kier alpha value is -4.25. The Labute approximate surface area is 428 Å². The zero-order chi connectivity index (χ0) is 53.5. The third-order valence-electron chi connectivity index (χ3n) is 9.30. The number of hydrogen-bond donors (Lipinski definition) is 2. The van der Waals surface area contributed by atoms with Crippen LogP contribution in [0.25, 0.3) is 22.3 Å². The van der Waals surface area contributed by atoms with Crippen LogP contribution in [0, 0.1) is 23.3 Å². The van der Waals surface area contributed by atoms with Gasteiger partial charge < -0.3 is 33.9 Å². The molecule has 4 unspecified atom stereocenters. The Balaban J connectivity index is 0.000000332. The number of thioether (sulfide) groups is 2. The number of aromatic nitrogens is 2.